The summed E-state index contributed by atoms with van der Waals surface area (Å²) in [5.74, 6) is 0. The van der Waals surface area contributed by atoms with Gasteiger partial charge in [0.1, 0.15) is 4.47 Å². The molecule has 7 heteroatoms. The Hall–Kier alpha value is -2.02. The summed E-state index contributed by atoms with van der Waals surface area (Å²) in [5, 5.41) is 0.765. The summed E-state index contributed by atoms with van der Waals surface area (Å²) in [6, 6.07) is 17.7. The van der Waals surface area contributed by atoms with Crippen molar-refractivity contribution < 1.29 is 0 Å². The maximum Gasteiger partial charge on any atom is 0.286 e. The number of anilines is 1. The summed E-state index contributed by atoms with van der Waals surface area (Å²) in [7, 11) is 1.94. The van der Waals surface area contributed by atoms with Gasteiger partial charge in [0.05, 0.1) is 11.4 Å². The van der Waals surface area contributed by atoms with Crippen LogP contribution >= 0.6 is 27.5 Å². The molecule has 2 aromatic carbocycles. The molecular weight excluding hydrogens is 440 g/mol. The van der Waals surface area contributed by atoms with Gasteiger partial charge in [-0.05, 0) is 46.3 Å². The Morgan fingerprint density at radius 3 is 2.32 bits per heavy atom. The highest BCUT2D eigenvalue weighted by atomic mass is 79.9. The lowest BCUT2D eigenvalue weighted by molar-refractivity contribution is 0.242. The molecule has 0 aliphatic carbocycles. The van der Waals surface area contributed by atoms with Crippen molar-refractivity contribution in [1.29, 1.82) is 0 Å². The van der Waals surface area contributed by atoms with Gasteiger partial charge in [0, 0.05) is 50.5 Å². The number of hydrogen-bond donors (Lipinski definition) is 0. The average molecular weight is 462 g/mol. The molecule has 0 atom stereocenters. The van der Waals surface area contributed by atoms with Gasteiger partial charge in [0.15, 0.2) is 0 Å². The standard InChI is InChI=1S/C21H22BrClN4O/c1-24-19(20(22)21(28)27(24)17-7-3-2-4-8-17)15-25-10-12-26(13-11-25)18-9-5-6-16(23)14-18/h2-9,14H,10-13,15H2,1H3. The third-order valence-corrected chi connectivity index (χ3v) is 6.28. The van der Waals surface area contributed by atoms with Crippen molar-refractivity contribution in [3.63, 3.8) is 0 Å². The van der Waals surface area contributed by atoms with Gasteiger partial charge in [-0.1, -0.05) is 35.9 Å². The fraction of sp³-hybridized carbons (Fsp3) is 0.286. The SMILES string of the molecule is Cn1c(CN2CCN(c3cccc(Cl)c3)CC2)c(Br)c(=O)n1-c1ccccc1. The van der Waals surface area contributed by atoms with E-state index in [9.17, 15) is 4.79 Å². The van der Waals surface area contributed by atoms with Crippen molar-refractivity contribution in [2.75, 3.05) is 31.1 Å². The van der Waals surface area contributed by atoms with Crippen LogP contribution in [0.25, 0.3) is 5.69 Å². The van der Waals surface area contributed by atoms with E-state index in [1.165, 1.54) is 0 Å². The molecule has 1 aromatic heterocycles. The second-order valence-corrected chi connectivity index (χ2v) is 8.21. The van der Waals surface area contributed by atoms with Gasteiger partial charge in [-0.3, -0.25) is 14.4 Å². The minimum Gasteiger partial charge on any atom is -0.369 e. The topological polar surface area (TPSA) is 33.4 Å². The third kappa shape index (κ3) is 3.77. The zero-order valence-electron chi connectivity index (χ0n) is 15.7. The van der Waals surface area contributed by atoms with Gasteiger partial charge >= 0.3 is 0 Å². The highest BCUT2D eigenvalue weighted by Crippen LogP contribution is 2.22. The quantitative estimate of drug-likeness (QED) is 0.591. The van der Waals surface area contributed by atoms with E-state index < -0.39 is 0 Å². The van der Waals surface area contributed by atoms with Gasteiger partial charge in [-0.25, -0.2) is 4.68 Å². The van der Waals surface area contributed by atoms with Crippen LogP contribution in [0.4, 0.5) is 5.69 Å². The summed E-state index contributed by atoms with van der Waals surface area (Å²) in [6.45, 7) is 4.47. The predicted molar refractivity (Wildman–Crippen MR) is 118 cm³/mol. The number of hydrogen-bond acceptors (Lipinski definition) is 3. The summed E-state index contributed by atoms with van der Waals surface area (Å²) in [6.07, 6.45) is 0. The smallest absolute Gasteiger partial charge is 0.286 e. The van der Waals surface area contributed by atoms with E-state index in [0.29, 0.717) is 4.47 Å². The molecule has 1 saturated heterocycles. The van der Waals surface area contributed by atoms with Crippen LogP contribution in [0.1, 0.15) is 5.69 Å². The average Bonchev–Trinajstić information content (AvgIpc) is 2.92. The Bertz CT molecular complexity index is 1020. The van der Waals surface area contributed by atoms with E-state index in [1.54, 1.807) is 4.68 Å². The van der Waals surface area contributed by atoms with E-state index >= 15 is 0 Å². The second-order valence-electron chi connectivity index (χ2n) is 6.98. The van der Waals surface area contributed by atoms with Crippen LogP contribution in [0.5, 0.6) is 0 Å². The Morgan fingerprint density at radius 1 is 0.964 bits per heavy atom. The van der Waals surface area contributed by atoms with Crippen molar-refractivity contribution in [3.05, 3.63) is 80.1 Å². The minimum absolute atomic E-state index is 0.0266. The fourth-order valence-electron chi connectivity index (χ4n) is 3.70. The lowest BCUT2D eigenvalue weighted by atomic mass is 10.2. The number of para-hydroxylation sites is 1. The lowest BCUT2D eigenvalue weighted by Crippen LogP contribution is -2.46. The van der Waals surface area contributed by atoms with Crippen LogP contribution in [-0.4, -0.2) is 40.4 Å². The number of rotatable bonds is 4. The number of nitrogens with zero attached hydrogens (tertiary/aromatic N) is 4. The van der Waals surface area contributed by atoms with Crippen LogP contribution in [-0.2, 0) is 13.6 Å². The monoisotopic (exact) mass is 460 g/mol. The summed E-state index contributed by atoms with van der Waals surface area (Å²) in [5.41, 5.74) is 3.00. The van der Waals surface area contributed by atoms with E-state index in [4.69, 9.17) is 11.6 Å². The van der Waals surface area contributed by atoms with Crippen LogP contribution < -0.4 is 10.5 Å². The zero-order valence-corrected chi connectivity index (χ0v) is 18.0. The molecule has 2 heterocycles. The van der Waals surface area contributed by atoms with Crippen LogP contribution in [0, 0.1) is 0 Å². The summed E-state index contributed by atoms with van der Waals surface area (Å²) < 4.78 is 4.29. The first kappa shape index (κ1) is 19.3. The van der Waals surface area contributed by atoms with Gasteiger partial charge in [-0.2, -0.15) is 0 Å². The lowest BCUT2D eigenvalue weighted by Gasteiger charge is -2.36. The van der Waals surface area contributed by atoms with Crippen molar-refractivity contribution >= 4 is 33.2 Å². The first-order valence-corrected chi connectivity index (χ1v) is 10.5. The molecule has 0 amide bonds. The van der Waals surface area contributed by atoms with Crippen molar-refractivity contribution in [3.8, 4) is 5.69 Å². The van der Waals surface area contributed by atoms with Crippen molar-refractivity contribution in [2.24, 2.45) is 7.05 Å². The van der Waals surface area contributed by atoms with Crippen LogP contribution in [0.3, 0.4) is 0 Å². The summed E-state index contributed by atoms with van der Waals surface area (Å²) >= 11 is 9.65. The summed E-state index contributed by atoms with van der Waals surface area (Å²) in [4.78, 5) is 17.5. The molecule has 5 nitrogen and oxygen atoms in total. The number of aromatic nitrogens is 2. The Labute approximate surface area is 177 Å². The molecule has 28 heavy (non-hydrogen) atoms. The van der Waals surface area contributed by atoms with E-state index in [0.717, 1.165) is 54.8 Å². The highest BCUT2D eigenvalue weighted by Gasteiger charge is 2.22. The van der Waals surface area contributed by atoms with Crippen LogP contribution in [0.2, 0.25) is 5.02 Å². The molecule has 0 spiro atoms. The maximum absolute atomic E-state index is 12.8. The van der Waals surface area contributed by atoms with E-state index in [2.05, 4.69) is 31.8 Å². The number of piperazine rings is 1. The maximum atomic E-state index is 12.8. The normalized spacial score (nSPS) is 15.2. The molecule has 1 aliphatic rings. The van der Waals surface area contributed by atoms with Crippen molar-refractivity contribution in [2.45, 2.75) is 6.54 Å². The first-order valence-electron chi connectivity index (χ1n) is 9.29. The van der Waals surface area contributed by atoms with Gasteiger partial charge in [0.2, 0.25) is 0 Å². The molecule has 0 saturated carbocycles. The second kappa shape index (κ2) is 8.15. The molecular formula is C21H22BrClN4O. The van der Waals surface area contributed by atoms with Gasteiger partial charge in [0.25, 0.3) is 5.56 Å². The number of benzene rings is 2. The largest absolute Gasteiger partial charge is 0.369 e. The van der Waals surface area contributed by atoms with Crippen molar-refractivity contribution in [1.82, 2.24) is 14.3 Å². The molecule has 4 rings (SSSR count). The van der Waals surface area contributed by atoms with E-state index in [1.807, 2.05) is 60.3 Å². The first-order chi connectivity index (χ1) is 13.5. The van der Waals surface area contributed by atoms with Gasteiger partial charge in [-0.15, -0.1) is 0 Å². The Kier molecular flexibility index (Phi) is 5.62. The molecule has 0 N–H and O–H groups in total. The molecule has 1 aliphatic heterocycles. The molecule has 0 radical (unpaired) electrons. The molecule has 0 bridgehead atoms. The van der Waals surface area contributed by atoms with Gasteiger partial charge < -0.3 is 4.90 Å². The van der Waals surface area contributed by atoms with E-state index in [-0.39, 0.29) is 5.56 Å². The Morgan fingerprint density at radius 2 is 1.64 bits per heavy atom. The zero-order chi connectivity index (χ0) is 19.7. The minimum atomic E-state index is -0.0266. The molecule has 1 fully saturated rings. The number of halogens is 2. The molecule has 3 aromatic rings. The Balaban J connectivity index is 1.50. The third-order valence-electron chi connectivity index (χ3n) is 5.24. The van der Waals surface area contributed by atoms with Crippen LogP contribution in [0.15, 0.2) is 63.9 Å². The molecule has 0 unspecified atom stereocenters. The predicted octanol–water partition coefficient (Wildman–Crippen LogP) is 3.91. The highest BCUT2D eigenvalue weighted by molar-refractivity contribution is 9.10. The fourth-order valence-corrected chi connectivity index (χ4v) is 4.43. The molecule has 146 valence electrons.